The quantitative estimate of drug-likeness (QED) is 0.338. The molecule has 0 unspecified atom stereocenters. The Bertz CT molecular complexity index is 1600. The number of esters is 1. The van der Waals surface area contributed by atoms with Crippen LogP contribution in [0, 0.1) is 0 Å². The minimum atomic E-state index is -0.471. The largest absolute Gasteiger partial charge is 0.467 e. The Morgan fingerprint density at radius 2 is 1.48 bits per heavy atom. The zero-order chi connectivity index (χ0) is 28.6. The number of amides is 1. The first-order valence-corrected chi connectivity index (χ1v) is 13.7. The van der Waals surface area contributed by atoms with Gasteiger partial charge in [0.2, 0.25) is 0 Å². The summed E-state index contributed by atoms with van der Waals surface area (Å²) in [5.74, 6) is 1.21. The van der Waals surface area contributed by atoms with E-state index in [0.29, 0.717) is 56.0 Å². The SMILES string of the molecule is COC(=O)c1ccc2c(c1)nnn2C(=O)N1CCN(C(c2ccc3c(c2)COCO3)c2ccc3c(c2)COCO3)CC1. The van der Waals surface area contributed by atoms with Crippen molar-refractivity contribution in [2.45, 2.75) is 19.3 Å². The summed E-state index contributed by atoms with van der Waals surface area (Å²) in [4.78, 5) is 29.6. The molecule has 0 N–H and O–H groups in total. The molecule has 1 fully saturated rings. The number of carbonyl (C=O) groups is 2. The van der Waals surface area contributed by atoms with Crippen molar-refractivity contribution < 1.29 is 33.3 Å². The second-order valence-electron chi connectivity index (χ2n) is 10.4. The third-order valence-corrected chi connectivity index (χ3v) is 7.91. The highest BCUT2D eigenvalue weighted by Crippen LogP contribution is 2.36. The number of benzene rings is 3. The monoisotopic (exact) mass is 571 g/mol. The van der Waals surface area contributed by atoms with Gasteiger partial charge >= 0.3 is 12.0 Å². The smallest absolute Gasteiger partial charge is 0.346 e. The van der Waals surface area contributed by atoms with Crippen LogP contribution in [0.15, 0.2) is 54.6 Å². The van der Waals surface area contributed by atoms with Gasteiger partial charge in [-0.05, 0) is 53.6 Å². The number of methoxy groups -OCH3 is 1. The number of rotatable bonds is 4. The van der Waals surface area contributed by atoms with Crippen molar-refractivity contribution in [3.8, 4) is 11.5 Å². The highest BCUT2D eigenvalue weighted by atomic mass is 16.7. The summed E-state index contributed by atoms with van der Waals surface area (Å²) in [5, 5.41) is 8.20. The van der Waals surface area contributed by atoms with Gasteiger partial charge in [0.05, 0.1) is 37.4 Å². The summed E-state index contributed by atoms with van der Waals surface area (Å²) < 4.78 is 28.5. The Kier molecular flexibility index (Phi) is 6.94. The molecule has 3 aromatic carbocycles. The van der Waals surface area contributed by atoms with Crippen LogP contribution >= 0.6 is 0 Å². The van der Waals surface area contributed by atoms with E-state index in [0.717, 1.165) is 33.8 Å². The van der Waals surface area contributed by atoms with Crippen LogP contribution in [-0.4, -0.2) is 83.7 Å². The lowest BCUT2D eigenvalue weighted by atomic mass is 9.93. The predicted octanol–water partition coefficient (Wildman–Crippen LogP) is 3.33. The molecule has 0 radical (unpaired) electrons. The van der Waals surface area contributed by atoms with Gasteiger partial charge in [0.1, 0.15) is 17.0 Å². The lowest BCUT2D eigenvalue weighted by Crippen LogP contribution is -2.51. The molecular weight excluding hydrogens is 542 g/mol. The maximum absolute atomic E-state index is 13.5. The van der Waals surface area contributed by atoms with E-state index in [-0.39, 0.29) is 25.7 Å². The molecule has 216 valence electrons. The molecule has 12 heteroatoms. The zero-order valence-electron chi connectivity index (χ0n) is 23.0. The van der Waals surface area contributed by atoms with Crippen molar-refractivity contribution >= 4 is 23.0 Å². The molecule has 4 heterocycles. The van der Waals surface area contributed by atoms with Crippen molar-refractivity contribution in [1.82, 2.24) is 24.8 Å². The first-order valence-electron chi connectivity index (χ1n) is 13.7. The van der Waals surface area contributed by atoms with E-state index in [4.69, 9.17) is 23.7 Å². The van der Waals surface area contributed by atoms with E-state index in [1.165, 1.54) is 11.8 Å². The number of fused-ring (bicyclic) bond motifs is 3. The molecular formula is C30H29N5O7. The fraction of sp³-hybridized carbons (Fsp3) is 0.333. The number of hydrogen-bond acceptors (Lipinski definition) is 10. The molecule has 1 amide bonds. The van der Waals surface area contributed by atoms with Gasteiger partial charge in [0.25, 0.3) is 0 Å². The maximum atomic E-state index is 13.5. The average Bonchev–Trinajstić information content (AvgIpc) is 3.48. The molecule has 0 aliphatic carbocycles. The molecule has 0 saturated carbocycles. The van der Waals surface area contributed by atoms with Crippen molar-refractivity contribution in [2.75, 3.05) is 46.9 Å². The molecule has 3 aliphatic heterocycles. The molecule has 0 bridgehead atoms. The van der Waals surface area contributed by atoms with Gasteiger partial charge in [-0.3, -0.25) is 4.90 Å². The van der Waals surface area contributed by atoms with Crippen molar-refractivity contribution in [1.29, 1.82) is 0 Å². The number of piperazine rings is 1. The van der Waals surface area contributed by atoms with Gasteiger partial charge in [-0.2, -0.15) is 4.68 Å². The topological polar surface area (TPSA) is 117 Å². The van der Waals surface area contributed by atoms with Crippen molar-refractivity contribution in [3.05, 3.63) is 82.4 Å². The molecule has 0 spiro atoms. The van der Waals surface area contributed by atoms with Crippen molar-refractivity contribution in [2.24, 2.45) is 0 Å². The zero-order valence-corrected chi connectivity index (χ0v) is 23.0. The van der Waals surface area contributed by atoms with Crippen LogP contribution < -0.4 is 9.47 Å². The first kappa shape index (κ1) is 26.4. The van der Waals surface area contributed by atoms with E-state index < -0.39 is 5.97 Å². The van der Waals surface area contributed by atoms with Gasteiger partial charge < -0.3 is 28.6 Å². The van der Waals surface area contributed by atoms with Gasteiger partial charge in [0.15, 0.2) is 13.6 Å². The number of nitrogens with zero attached hydrogens (tertiary/aromatic N) is 5. The molecule has 1 saturated heterocycles. The summed E-state index contributed by atoms with van der Waals surface area (Å²) in [6.07, 6.45) is 0. The van der Waals surface area contributed by atoms with Gasteiger partial charge in [-0.1, -0.05) is 17.3 Å². The Labute approximate surface area is 241 Å². The summed E-state index contributed by atoms with van der Waals surface area (Å²) in [5.41, 5.74) is 5.58. The maximum Gasteiger partial charge on any atom is 0.346 e. The van der Waals surface area contributed by atoms with E-state index in [2.05, 4.69) is 39.5 Å². The second kappa shape index (κ2) is 11.0. The van der Waals surface area contributed by atoms with Crippen LogP contribution in [-0.2, 0) is 27.4 Å². The Morgan fingerprint density at radius 3 is 2.10 bits per heavy atom. The fourth-order valence-corrected chi connectivity index (χ4v) is 5.79. The Balaban J connectivity index is 1.14. The van der Waals surface area contributed by atoms with Crippen LogP contribution in [0.25, 0.3) is 11.0 Å². The highest BCUT2D eigenvalue weighted by molar-refractivity contribution is 5.95. The minimum Gasteiger partial charge on any atom is -0.467 e. The van der Waals surface area contributed by atoms with Crippen LogP contribution in [0.3, 0.4) is 0 Å². The molecule has 42 heavy (non-hydrogen) atoms. The van der Waals surface area contributed by atoms with Gasteiger partial charge in [0, 0.05) is 37.3 Å². The second-order valence-corrected chi connectivity index (χ2v) is 10.4. The third kappa shape index (κ3) is 4.83. The van der Waals surface area contributed by atoms with E-state index in [9.17, 15) is 9.59 Å². The molecule has 3 aliphatic rings. The number of aromatic nitrogens is 3. The van der Waals surface area contributed by atoms with Crippen LogP contribution in [0.1, 0.15) is 38.7 Å². The van der Waals surface area contributed by atoms with Crippen LogP contribution in [0.5, 0.6) is 11.5 Å². The van der Waals surface area contributed by atoms with E-state index >= 15 is 0 Å². The third-order valence-electron chi connectivity index (χ3n) is 7.91. The fourth-order valence-electron chi connectivity index (χ4n) is 5.79. The summed E-state index contributed by atoms with van der Waals surface area (Å²) in [6, 6.07) is 17.0. The summed E-state index contributed by atoms with van der Waals surface area (Å²) >= 11 is 0. The average molecular weight is 572 g/mol. The molecule has 1 aromatic heterocycles. The van der Waals surface area contributed by atoms with Crippen LogP contribution in [0.4, 0.5) is 4.79 Å². The number of carbonyl (C=O) groups excluding carboxylic acids is 2. The highest BCUT2D eigenvalue weighted by Gasteiger charge is 2.31. The van der Waals surface area contributed by atoms with Crippen LogP contribution in [0.2, 0.25) is 0 Å². The molecule has 7 rings (SSSR count). The molecule has 12 nitrogen and oxygen atoms in total. The van der Waals surface area contributed by atoms with Gasteiger partial charge in [-0.15, -0.1) is 5.10 Å². The number of hydrogen-bond donors (Lipinski definition) is 0. The standard InChI is InChI=1S/C30H29N5O7/c1-38-29(36)21-2-5-25-24(14-21)31-32-35(25)30(37)34-10-8-33(9-11-34)28(19-3-6-26-22(12-19)15-39-17-41-26)20-4-7-27-23(13-20)16-40-18-42-27/h2-7,12-14,28H,8-11,15-18H2,1H3. The molecule has 4 aromatic rings. The van der Waals surface area contributed by atoms with Crippen molar-refractivity contribution in [3.63, 3.8) is 0 Å². The summed E-state index contributed by atoms with van der Waals surface area (Å²) in [7, 11) is 1.32. The first-order chi connectivity index (χ1) is 20.6. The van der Waals surface area contributed by atoms with E-state index in [1.807, 2.05) is 12.1 Å². The minimum absolute atomic E-state index is 0.0642. The predicted molar refractivity (Wildman–Crippen MR) is 148 cm³/mol. The van der Waals surface area contributed by atoms with Gasteiger partial charge in [-0.25, -0.2) is 9.59 Å². The molecule has 0 atom stereocenters. The Morgan fingerprint density at radius 1 is 0.833 bits per heavy atom. The number of ether oxygens (including phenoxy) is 5. The normalized spacial score (nSPS) is 16.9. The summed E-state index contributed by atoms with van der Waals surface area (Å²) in [6.45, 7) is 3.80. The lowest BCUT2D eigenvalue weighted by molar-refractivity contribution is -0.0165. The lowest BCUT2D eigenvalue weighted by Gasteiger charge is -2.40. The van der Waals surface area contributed by atoms with E-state index in [1.54, 1.807) is 23.1 Å². The Hall–Kier alpha value is -4.52.